The van der Waals surface area contributed by atoms with Gasteiger partial charge in [-0.2, -0.15) is 0 Å². The summed E-state index contributed by atoms with van der Waals surface area (Å²) in [6.45, 7) is 0. The van der Waals surface area contributed by atoms with Gasteiger partial charge in [-0.25, -0.2) is 9.79 Å². The predicted molar refractivity (Wildman–Crippen MR) is 48.1 cm³/mol. The smallest absolute Gasteiger partial charge is 0.332 e. The fraction of sp³-hybridized carbons (Fsp3) is 0.111. The fourth-order valence-electron chi connectivity index (χ4n) is 1.26. The number of hydrogen-bond acceptors (Lipinski definition) is 3. The summed E-state index contributed by atoms with van der Waals surface area (Å²) in [5.41, 5.74) is 0. The van der Waals surface area contributed by atoms with Crippen LogP contribution in [0.5, 0.6) is 0 Å². The summed E-state index contributed by atoms with van der Waals surface area (Å²) in [7, 11) is 0. The molecule has 1 unspecified atom stereocenters. The molecular weight excluding hydrogens is 168 g/mol. The summed E-state index contributed by atoms with van der Waals surface area (Å²) < 4.78 is 0. The van der Waals surface area contributed by atoms with Crippen LogP contribution in [0.25, 0.3) is 0 Å². The molecule has 13 heavy (non-hydrogen) atoms. The lowest BCUT2D eigenvalue weighted by molar-refractivity contribution is -0.138. The molecule has 4 heteroatoms. The summed E-state index contributed by atoms with van der Waals surface area (Å²) in [4.78, 5) is 16.4. The molecule has 2 rings (SSSR count). The van der Waals surface area contributed by atoms with Crippen LogP contribution in [-0.4, -0.2) is 28.2 Å². The lowest BCUT2D eigenvalue weighted by Gasteiger charge is -2.17. The van der Waals surface area contributed by atoms with Gasteiger partial charge in [-0.1, -0.05) is 12.2 Å². The monoisotopic (exact) mass is 176 g/mol. The van der Waals surface area contributed by atoms with Crippen molar-refractivity contribution in [1.29, 1.82) is 0 Å². The molecule has 1 N–H and O–H groups in total. The van der Waals surface area contributed by atoms with E-state index < -0.39 is 12.0 Å². The largest absolute Gasteiger partial charge is 0.479 e. The SMILES string of the molecule is O=C(O)C1C=NC2=CC=CC=CN21. The van der Waals surface area contributed by atoms with E-state index in [2.05, 4.69) is 4.99 Å². The van der Waals surface area contributed by atoms with Gasteiger partial charge in [0.1, 0.15) is 5.82 Å². The van der Waals surface area contributed by atoms with Crippen molar-refractivity contribution in [1.82, 2.24) is 4.90 Å². The quantitative estimate of drug-likeness (QED) is 0.641. The van der Waals surface area contributed by atoms with Crippen LogP contribution in [-0.2, 0) is 4.79 Å². The average Bonchev–Trinajstić information content (AvgIpc) is 2.36. The van der Waals surface area contributed by atoms with Crippen LogP contribution in [0.4, 0.5) is 0 Å². The van der Waals surface area contributed by atoms with Gasteiger partial charge in [0.2, 0.25) is 0 Å². The van der Waals surface area contributed by atoms with Crippen LogP contribution in [0.1, 0.15) is 0 Å². The van der Waals surface area contributed by atoms with Gasteiger partial charge in [-0.3, -0.25) is 0 Å². The van der Waals surface area contributed by atoms with E-state index in [9.17, 15) is 4.79 Å². The van der Waals surface area contributed by atoms with E-state index in [1.165, 1.54) is 6.21 Å². The molecule has 2 heterocycles. The molecule has 0 aromatic carbocycles. The van der Waals surface area contributed by atoms with Gasteiger partial charge in [0.05, 0.1) is 0 Å². The second-order valence-corrected chi connectivity index (χ2v) is 2.72. The van der Waals surface area contributed by atoms with Crippen LogP contribution in [0.3, 0.4) is 0 Å². The highest BCUT2D eigenvalue weighted by atomic mass is 16.4. The summed E-state index contributed by atoms with van der Waals surface area (Å²) in [6, 6.07) is -0.664. The minimum Gasteiger partial charge on any atom is -0.479 e. The Morgan fingerprint density at radius 3 is 3.08 bits per heavy atom. The molecule has 0 aromatic rings. The van der Waals surface area contributed by atoms with E-state index in [1.54, 1.807) is 23.3 Å². The topological polar surface area (TPSA) is 52.9 Å². The molecule has 0 bridgehead atoms. The van der Waals surface area contributed by atoms with Crippen molar-refractivity contribution in [3.63, 3.8) is 0 Å². The van der Waals surface area contributed by atoms with Gasteiger partial charge in [-0.05, 0) is 12.2 Å². The molecule has 0 amide bonds. The van der Waals surface area contributed by atoms with Crippen molar-refractivity contribution in [2.75, 3.05) is 0 Å². The Kier molecular flexibility index (Phi) is 1.73. The third kappa shape index (κ3) is 1.26. The van der Waals surface area contributed by atoms with Gasteiger partial charge in [-0.15, -0.1) is 0 Å². The number of aliphatic imine (C=N–C) groups is 1. The van der Waals surface area contributed by atoms with Crippen molar-refractivity contribution in [2.45, 2.75) is 6.04 Å². The molecule has 0 fully saturated rings. The van der Waals surface area contributed by atoms with E-state index in [1.807, 2.05) is 12.2 Å². The van der Waals surface area contributed by atoms with Gasteiger partial charge in [0.25, 0.3) is 0 Å². The highest BCUT2D eigenvalue weighted by Gasteiger charge is 2.28. The van der Waals surface area contributed by atoms with Crippen molar-refractivity contribution in [3.05, 3.63) is 36.3 Å². The number of carboxylic acids is 1. The van der Waals surface area contributed by atoms with Gasteiger partial charge >= 0.3 is 5.97 Å². The zero-order valence-corrected chi connectivity index (χ0v) is 6.79. The van der Waals surface area contributed by atoms with E-state index in [4.69, 9.17) is 5.11 Å². The molecule has 0 radical (unpaired) electrons. The maximum absolute atomic E-state index is 10.8. The normalized spacial score (nSPS) is 24.2. The Morgan fingerprint density at radius 2 is 2.31 bits per heavy atom. The Labute approximate surface area is 75.2 Å². The van der Waals surface area contributed by atoms with E-state index >= 15 is 0 Å². The molecule has 0 aromatic heterocycles. The first-order valence-corrected chi connectivity index (χ1v) is 3.89. The lowest BCUT2D eigenvalue weighted by atomic mass is 10.3. The van der Waals surface area contributed by atoms with E-state index in [0.717, 1.165) is 0 Å². The number of nitrogens with zero attached hydrogens (tertiary/aromatic N) is 2. The van der Waals surface area contributed by atoms with Gasteiger partial charge in [0, 0.05) is 12.4 Å². The summed E-state index contributed by atoms with van der Waals surface area (Å²) >= 11 is 0. The minimum atomic E-state index is -0.890. The number of allylic oxidation sites excluding steroid dienone is 4. The first-order valence-electron chi connectivity index (χ1n) is 3.89. The van der Waals surface area contributed by atoms with Crippen molar-refractivity contribution >= 4 is 12.2 Å². The predicted octanol–water partition coefficient (Wildman–Crippen LogP) is 0.751. The minimum absolute atomic E-state index is 0.664. The molecule has 0 spiro atoms. The van der Waals surface area contributed by atoms with Crippen molar-refractivity contribution < 1.29 is 9.90 Å². The molecule has 0 saturated carbocycles. The molecule has 2 aliphatic rings. The number of rotatable bonds is 1. The highest BCUT2D eigenvalue weighted by Crippen LogP contribution is 2.19. The zero-order valence-electron chi connectivity index (χ0n) is 6.79. The zero-order chi connectivity index (χ0) is 9.26. The second-order valence-electron chi connectivity index (χ2n) is 2.72. The summed E-state index contributed by atoms with van der Waals surface area (Å²) in [6.07, 6.45) is 10.4. The summed E-state index contributed by atoms with van der Waals surface area (Å²) in [5, 5.41) is 8.83. The molecule has 0 aliphatic carbocycles. The summed E-state index contributed by atoms with van der Waals surface area (Å²) in [5.74, 6) is -0.226. The number of carbonyl (C=O) groups is 1. The molecular formula is C9H8N2O2. The van der Waals surface area contributed by atoms with Crippen LogP contribution in [0.2, 0.25) is 0 Å². The molecule has 2 aliphatic heterocycles. The van der Waals surface area contributed by atoms with Crippen LogP contribution >= 0.6 is 0 Å². The maximum Gasteiger partial charge on any atom is 0.332 e. The van der Waals surface area contributed by atoms with Crippen molar-refractivity contribution in [2.24, 2.45) is 4.99 Å². The highest BCUT2D eigenvalue weighted by molar-refractivity contribution is 5.95. The average molecular weight is 176 g/mol. The first kappa shape index (κ1) is 7.79. The molecule has 4 nitrogen and oxygen atoms in total. The Morgan fingerprint density at radius 1 is 1.46 bits per heavy atom. The van der Waals surface area contributed by atoms with Crippen LogP contribution in [0, 0.1) is 0 Å². The maximum atomic E-state index is 10.8. The number of hydrogen-bond donors (Lipinski definition) is 1. The van der Waals surface area contributed by atoms with Gasteiger partial charge in [0.15, 0.2) is 6.04 Å². The van der Waals surface area contributed by atoms with Crippen LogP contribution < -0.4 is 0 Å². The fourth-order valence-corrected chi connectivity index (χ4v) is 1.26. The van der Waals surface area contributed by atoms with Crippen molar-refractivity contribution in [3.8, 4) is 0 Å². The van der Waals surface area contributed by atoms with Crippen LogP contribution in [0.15, 0.2) is 41.3 Å². The molecule has 1 atom stereocenters. The third-order valence-corrected chi connectivity index (χ3v) is 1.88. The molecule has 66 valence electrons. The number of fused-ring (bicyclic) bond motifs is 1. The standard InChI is InChI=1S/C9H8N2O2/c12-9(13)7-6-10-8-4-2-1-3-5-11(7)8/h1-7H,(H,12,13). The Balaban J connectivity index is 2.33. The van der Waals surface area contributed by atoms with E-state index in [-0.39, 0.29) is 0 Å². The molecule has 0 saturated heterocycles. The number of aliphatic carboxylic acids is 1. The first-order chi connectivity index (χ1) is 6.29. The number of carboxylic acid groups (broad SMARTS) is 1. The lowest BCUT2D eigenvalue weighted by Crippen LogP contribution is -2.33. The van der Waals surface area contributed by atoms with E-state index in [0.29, 0.717) is 5.82 Å². The van der Waals surface area contributed by atoms with Gasteiger partial charge < -0.3 is 10.0 Å². The Hall–Kier alpha value is -1.84. The second kappa shape index (κ2) is 2.90. The Bertz CT molecular complexity index is 353. The third-order valence-electron chi connectivity index (χ3n) is 1.88.